The van der Waals surface area contributed by atoms with Crippen LogP contribution in [0.5, 0.6) is 5.75 Å². The number of methoxy groups -OCH3 is 1. The molecule has 1 aromatic rings. The Balaban J connectivity index is 2.64. The second-order valence-electron chi connectivity index (χ2n) is 3.53. The van der Waals surface area contributed by atoms with E-state index in [-0.39, 0.29) is 13.2 Å². The summed E-state index contributed by atoms with van der Waals surface area (Å²) in [6.07, 6.45) is 1.24. The van der Waals surface area contributed by atoms with Crippen molar-refractivity contribution < 1.29 is 19.4 Å². The zero-order valence-electron chi connectivity index (χ0n) is 9.81. The van der Waals surface area contributed by atoms with Gasteiger partial charge in [-0.3, -0.25) is 0 Å². The van der Waals surface area contributed by atoms with E-state index in [0.29, 0.717) is 29.8 Å². The molecule has 3 N–H and O–H groups in total. The van der Waals surface area contributed by atoms with Crippen molar-refractivity contribution in [1.82, 2.24) is 0 Å². The van der Waals surface area contributed by atoms with E-state index in [1.54, 1.807) is 12.1 Å². The van der Waals surface area contributed by atoms with Gasteiger partial charge >= 0.3 is 5.97 Å². The van der Waals surface area contributed by atoms with Crippen LogP contribution >= 0.6 is 0 Å². The predicted octanol–water partition coefficient (Wildman–Crippen LogP) is 1.21. The molecule has 0 aliphatic carbocycles. The fourth-order valence-electron chi connectivity index (χ4n) is 1.34. The number of esters is 1. The quantitative estimate of drug-likeness (QED) is 0.443. The molecular weight excluding hydrogens is 222 g/mol. The monoisotopic (exact) mass is 239 g/mol. The van der Waals surface area contributed by atoms with Crippen LogP contribution in [0.25, 0.3) is 0 Å². The van der Waals surface area contributed by atoms with Gasteiger partial charge in [0, 0.05) is 12.3 Å². The number of benzene rings is 1. The molecule has 0 aromatic heterocycles. The Bertz CT molecular complexity index is 379. The molecule has 0 bridgehead atoms. The van der Waals surface area contributed by atoms with Gasteiger partial charge in [-0.25, -0.2) is 4.79 Å². The maximum atomic E-state index is 11.7. The first kappa shape index (κ1) is 13.3. The van der Waals surface area contributed by atoms with Crippen molar-refractivity contribution in [3.63, 3.8) is 0 Å². The summed E-state index contributed by atoms with van der Waals surface area (Å²) < 4.78 is 10.1. The van der Waals surface area contributed by atoms with Gasteiger partial charge in [0.05, 0.1) is 13.7 Å². The lowest BCUT2D eigenvalue weighted by Gasteiger charge is -2.09. The van der Waals surface area contributed by atoms with Crippen LogP contribution in [0.3, 0.4) is 0 Å². The molecule has 0 saturated carbocycles. The average molecular weight is 239 g/mol. The van der Waals surface area contributed by atoms with Crippen LogP contribution in [-0.2, 0) is 4.74 Å². The fourth-order valence-corrected chi connectivity index (χ4v) is 1.34. The van der Waals surface area contributed by atoms with Crippen LogP contribution in [-0.4, -0.2) is 31.4 Å². The van der Waals surface area contributed by atoms with Gasteiger partial charge in [0.25, 0.3) is 0 Å². The number of carbonyl (C=O) groups excluding carboxylic acids is 1. The molecular formula is C12H17NO4. The van der Waals surface area contributed by atoms with Crippen molar-refractivity contribution in [3.8, 4) is 5.75 Å². The third kappa shape index (κ3) is 3.96. The predicted molar refractivity (Wildman–Crippen MR) is 64.0 cm³/mol. The maximum Gasteiger partial charge on any atom is 0.341 e. The highest BCUT2D eigenvalue weighted by Gasteiger charge is 2.13. The topological polar surface area (TPSA) is 81.8 Å². The van der Waals surface area contributed by atoms with Crippen LogP contribution in [0.2, 0.25) is 0 Å². The Morgan fingerprint density at radius 1 is 1.41 bits per heavy atom. The molecule has 0 unspecified atom stereocenters. The van der Waals surface area contributed by atoms with E-state index in [9.17, 15) is 4.79 Å². The minimum atomic E-state index is -0.466. The largest absolute Gasteiger partial charge is 0.496 e. The summed E-state index contributed by atoms with van der Waals surface area (Å²) in [5.74, 6) is -0.0292. The van der Waals surface area contributed by atoms with E-state index in [4.69, 9.17) is 20.3 Å². The maximum absolute atomic E-state index is 11.7. The third-order valence-corrected chi connectivity index (χ3v) is 2.23. The second kappa shape index (κ2) is 6.75. The van der Waals surface area contributed by atoms with Gasteiger partial charge < -0.3 is 20.3 Å². The normalized spacial score (nSPS) is 10.0. The smallest absolute Gasteiger partial charge is 0.341 e. The number of hydrogen-bond donors (Lipinski definition) is 2. The third-order valence-electron chi connectivity index (χ3n) is 2.23. The van der Waals surface area contributed by atoms with Crippen molar-refractivity contribution in [3.05, 3.63) is 23.8 Å². The van der Waals surface area contributed by atoms with Gasteiger partial charge in [-0.2, -0.15) is 0 Å². The minimum Gasteiger partial charge on any atom is -0.496 e. The first-order valence-electron chi connectivity index (χ1n) is 5.40. The summed E-state index contributed by atoms with van der Waals surface area (Å²) >= 11 is 0. The molecule has 1 rings (SSSR count). The molecule has 0 aliphatic heterocycles. The highest BCUT2D eigenvalue weighted by atomic mass is 16.5. The van der Waals surface area contributed by atoms with Crippen molar-refractivity contribution >= 4 is 11.7 Å². The number of ether oxygens (including phenoxy) is 2. The van der Waals surface area contributed by atoms with Crippen molar-refractivity contribution in [2.24, 2.45) is 0 Å². The Hall–Kier alpha value is -1.75. The van der Waals surface area contributed by atoms with E-state index in [1.165, 1.54) is 13.2 Å². The van der Waals surface area contributed by atoms with Crippen molar-refractivity contribution in [2.45, 2.75) is 12.8 Å². The first-order valence-corrected chi connectivity index (χ1v) is 5.40. The fraction of sp³-hybridized carbons (Fsp3) is 0.417. The molecule has 5 nitrogen and oxygen atoms in total. The SMILES string of the molecule is COc1ccc(N)cc1C(=O)OCCCCO. The average Bonchev–Trinajstić information content (AvgIpc) is 2.34. The molecule has 0 fully saturated rings. The Labute approximate surface area is 100 Å². The van der Waals surface area contributed by atoms with Crippen LogP contribution in [0, 0.1) is 0 Å². The molecule has 0 saturated heterocycles. The van der Waals surface area contributed by atoms with E-state index in [0.717, 1.165) is 0 Å². The molecule has 0 radical (unpaired) electrons. The molecule has 94 valence electrons. The Morgan fingerprint density at radius 3 is 2.82 bits per heavy atom. The zero-order chi connectivity index (χ0) is 12.7. The number of anilines is 1. The molecule has 0 heterocycles. The highest BCUT2D eigenvalue weighted by molar-refractivity contribution is 5.93. The van der Waals surface area contributed by atoms with Crippen LogP contribution in [0.4, 0.5) is 5.69 Å². The number of carbonyl (C=O) groups is 1. The Morgan fingerprint density at radius 2 is 2.18 bits per heavy atom. The summed E-state index contributed by atoms with van der Waals surface area (Å²) in [5, 5.41) is 8.59. The Kier molecular flexibility index (Phi) is 5.29. The van der Waals surface area contributed by atoms with Gasteiger partial charge in [-0.15, -0.1) is 0 Å². The van der Waals surface area contributed by atoms with Gasteiger partial charge in [0.2, 0.25) is 0 Å². The lowest BCUT2D eigenvalue weighted by Crippen LogP contribution is -2.09. The number of hydrogen-bond acceptors (Lipinski definition) is 5. The number of rotatable bonds is 6. The molecule has 0 spiro atoms. The first-order chi connectivity index (χ1) is 8.19. The molecule has 5 heteroatoms. The van der Waals surface area contributed by atoms with E-state index >= 15 is 0 Å². The summed E-state index contributed by atoms with van der Waals surface area (Å²) in [5.41, 5.74) is 6.40. The summed E-state index contributed by atoms with van der Waals surface area (Å²) in [7, 11) is 1.48. The second-order valence-corrected chi connectivity index (χ2v) is 3.53. The summed E-state index contributed by atoms with van der Waals surface area (Å²) in [6.45, 7) is 0.372. The van der Waals surface area contributed by atoms with Crippen molar-refractivity contribution in [1.29, 1.82) is 0 Å². The molecule has 0 atom stereocenters. The minimum absolute atomic E-state index is 0.0964. The summed E-state index contributed by atoms with van der Waals surface area (Å²) in [6, 6.07) is 4.80. The number of nitrogens with two attached hydrogens (primary N) is 1. The molecule has 0 aliphatic rings. The standard InChI is InChI=1S/C12H17NO4/c1-16-11-5-4-9(13)8-10(11)12(15)17-7-3-2-6-14/h4-5,8,14H,2-3,6-7,13H2,1H3. The lowest BCUT2D eigenvalue weighted by molar-refractivity contribution is 0.0489. The molecule has 1 aromatic carbocycles. The van der Waals surface area contributed by atoms with Crippen LogP contribution in [0.15, 0.2) is 18.2 Å². The number of aliphatic hydroxyl groups is 1. The van der Waals surface area contributed by atoms with E-state index < -0.39 is 5.97 Å². The highest BCUT2D eigenvalue weighted by Crippen LogP contribution is 2.21. The lowest BCUT2D eigenvalue weighted by atomic mass is 10.2. The van der Waals surface area contributed by atoms with E-state index in [2.05, 4.69) is 0 Å². The van der Waals surface area contributed by atoms with Crippen molar-refractivity contribution in [2.75, 3.05) is 26.1 Å². The van der Waals surface area contributed by atoms with Gasteiger partial charge in [-0.1, -0.05) is 0 Å². The number of nitrogen functional groups attached to an aromatic ring is 1. The zero-order valence-corrected chi connectivity index (χ0v) is 9.81. The van der Waals surface area contributed by atoms with Crippen LogP contribution in [0.1, 0.15) is 23.2 Å². The van der Waals surface area contributed by atoms with Crippen LogP contribution < -0.4 is 10.5 Å². The van der Waals surface area contributed by atoms with Gasteiger partial charge in [0.1, 0.15) is 11.3 Å². The van der Waals surface area contributed by atoms with E-state index in [1.807, 2.05) is 0 Å². The number of aliphatic hydroxyl groups excluding tert-OH is 1. The summed E-state index contributed by atoms with van der Waals surface area (Å²) in [4.78, 5) is 11.7. The molecule has 0 amide bonds. The van der Waals surface area contributed by atoms with Gasteiger partial charge in [-0.05, 0) is 31.0 Å². The van der Waals surface area contributed by atoms with Gasteiger partial charge in [0.15, 0.2) is 0 Å². The molecule has 17 heavy (non-hydrogen) atoms. The number of unbranched alkanes of at least 4 members (excludes halogenated alkanes) is 1.